The smallest absolute Gasteiger partial charge is 0.422 e. The van der Waals surface area contributed by atoms with Crippen LogP contribution in [0.1, 0.15) is 48.6 Å². The molecule has 50 heavy (non-hydrogen) atoms. The standard InChI is InChI=1S/C37H47F3N8O2/c1-24-7-10-29(42)28(20-41)31(24)26-8-9-27-32(33(26)50-23-37(38,39)40)43-34(25-11-16-46(4)17-12-25)44-35(27)47-18-13-36(14-19-47)21-48(22-36)30(49)6-5-15-45(2)3/h5-10,20,25,41H,11-19,21-23,42H2,1-4H3/b6-5+,41-20?. The lowest BCUT2D eigenvalue weighted by molar-refractivity contribution is -0.153. The second-order valence-electron chi connectivity index (χ2n) is 14.5. The highest BCUT2D eigenvalue weighted by Crippen LogP contribution is 2.46. The molecule has 1 aromatic heterocycles. The summed E-state index contributed by atoms with van der Waals surface area (Å²) in [6.45, 7) is 5.62. The molecule has 4 heterocycles. The number of halogens is 3. The topological polar surface area (TPSA) is 115 Å². The Hall–Kier alpha value is -4.23. The van der Waals surface area contributed by atoms with Gasteiger partial charge in [0.05, 0.1) is 0 Å². The number of nitrogens with one attached hydrogen (secondary N) is 1. The Morgan fingerprint density at radius 3 is 2.44 bits per heavy atom. The van der Waals surface area contributed by atoms with E-state index >= 15 is 0 Å². The molecule has 0 aliphatic carbocycles. The van der Waals surface area contributed by atoms with Crippen LogP contribution in [0.4, 0.5) is 24.7 Å². The number of hydrogen-bond acceptors (Lipinski definition) is 9. The van der Waals surface area contributed by atoms with Gasteiger partial charge in [0, 0.05) is 78.5 Å². The van der Waals surface area contributed by atoms with Crippen molar-refractivity contribution in [3.63, 3.8) is 0 Å². The summed E-state index contributed by atoms with van der Waals surface area (Å²) in [6.07, 6.45) is 3.50. The number of aromatic nitrogens is 2. The van der Waals surface area contributed by atoms with Gasteiger partial charge in [0.1, 0.15) is 17.2 Å². The minimum atomic E-state index is -4.58. The van der Waals surface area contributed by atoms with Gasteiger partial charge in [-0.25, -0.2) is 9.97 Å². The Labute approximate surface area is 291 Å². The van der Waals surface area contributed by atoms with Gasteiger partial charge in [-0.1, -0.05) is 12.1 Å². The number of likely N-dealkylation sites (tertiary alicyclic amines) is 2. The number of ether oxygens (including phenoxy) is 1. The molecular weight excluding hydrogens is 645 g/mol. The van der Waals surface area contributed by atoms with E-state index in [2.05, 4.69) is 16.8 Å². The molecule has 3 aliphatic heterocycles. The van der Waals surface area contributed by atoms with E-state index in [1.54, 1.807) is 24.3 Å². The van der Waals surface area contributed by atoms with Gasteiger partial charge in [0.15, 0.2) is 12.4 Å². The number of rotatable bonds is 9. The number of nitrogens with two attached hydrogens (primary N) is 1. The van der Waals surface area contributed by atoms with Gasteiger partial charge in [-0.05, 0) is 96.2 Å². The lowest BCUT2D eigenvalue weighted by Gasteiger charge is -2.54. The maximum absolute atomic E-state index is 13.8. The van der Waals surface area contributed by atoms with Crippen molar-refractivity contribution in [2.24, 2.45) is 5.41 Å². The average molecular weight is 693 g/mol. The van der Waals surface area contributed by atoms with Crippen LogP contribution in [0.15, 0.2) is 36.4 Å². The average Bonchev–Trinajstić information content (AvgIpc) is 3.06. The monoisotopic (exact) mass is 692 g/mol. The molecule has 13 heteroatoms. The van der Waals surface area contributed by atoms with Gasteiger partial charge in [0.25, 0.3) is 0 Å². The number of amides is 1. The fraction of sp³-hybridized carbons (Fsp3) is 0.514. The van der Waals surface area contributed by atoms with Crippen LogP contribution < -0.4 is 15.4 Å². The van der Waals surface area contributed by atoms with Crippen LogP contribution in [-0.2, 0) is 4.79 Å². The Balaban J connectivity index is 1.39. The molecule has 3 aliphatic rings. The van der Waals surface area contributed by atoms with Crippen molar-refractivity contribution in [2.75, 3.05) is 84.2 Å². The van der Waals surface area contributed by atoms with E-state index in [0.29, 0.717) is 77.6 Å². The van der Waals surface area contributed by atoms with E-state index in [1.165, 1.54) is 0 Å². The largest absolute Gasteiger partial charge is 0.481 e. The van der Waals surface area contributed by atoms with E-state index in [4.69, 9.17) is 25.8 Å². The number of carbonyl (C=O) groups is 1. The number of alkyl halides is 3. The summed E-state index contributed by atoms with van der Waals surface area (Å²) in [4.78, 5) is 31.3. The van der Waals surface area contributed by atoms with Gasteiger partial charge >= 0.3 is 6.18 Å². The van der Waals surface area contributed by atoms with E-state index in [-0.39, 0.29) is 23.0 Å². The Kier molecular flexibility index (Phi) is 10.1. The molecule has 0 bridgehead atoms. The molecule has 3 N–H and O–H groups in total. The zero-order chi connectivity index (χ0) is 35.8. The number of benzene rings is 2. The second kappa shape index (κ2) is 14.2. The van der Waals surface area contributed by atoms with Crippen molar-refractivity contribution in [1.29, 1.82) is 5.41 Å². The minimum Gasteiger partial charge on any atom is -0.481 e. The lowest BCUT2D eigenvalue weighted by atomic mass is 9.72. The minimum absolute atomic E-state index is 0.0124. The predicted molar refractivity (Wildman–Crippen MR) is 191 cm³/mol. The summed E-state index contributed by atoms with van der Waals surface area (Å²) in [6, 6.07) is 7.10. The van der Waals surface area contributed by atoms with Gasteiger partial charge in [-0.2, -0.15) is 13.2 Å². The molecule has 3 fully saturated rings. The van der Waals surface area contributed by atoms with Crippen LogP contribution in [0.25, 0.3) is 22.0 Å². The Morgan fingerprint density at radius 2 is 1.80 bits per heavy atom. The van der Waals surface area contributed by atoms with Crippen molar-refractivity contribution in [2.45, 2.75) is 44.7 Å². The molecule has 3 aromatic rings. The zero-order valence-corrected chi connectivity index (χ0v) is 29.3. The van der Waals surface area contributed by atoms with Crippen LogP contribution in [0.2, 0.25) is 0 Å². The summed E-state index contributed by atoms with van der Waals surface area (Å²) < 4.78 is 47.0. The first-order chi connectivity index (χ1) is 23.8. The number of aryl methyl sites for hydroxylation is 1. The fourth-order valence-electron chi connectivity index (χ4n) is 7.51. The SMILES string of the molecule is Cc1ccc(N)c(C=N)c1-c1ccc2c(N3CCC4(CC3)CN(C(=O)/C=C/CN(C)C)C4)nc(C3CCN(C)CC3)nc2c1OCC(F)(F)F. The molecule has 1 spiro atoms. The third-order valence-electron chi connectivity index (χ3n) is 10.4. The molecule has 1 amide bonds. The molecule has 0 radical (unpaired) electrons. The van der Waals surface area contributed by atoms with Crippen molar-refractivity contribution in [3.8, 4) is 16.9 Å². The molecule has 268 valence electrons. The maximum Gasteiger partial charge on any atom is 0.422 e. The number of hydrogen-bond donors (Lipinski definition) is 2. The number of anilines is 2. The summed E-state index contributed by atoms with van der Waals surface area (Å²) >= 11 is 0. The number of piperidine rings is 2. The normalized spacial score (nSPS) is 18.7. The van der Waals surface area contributed by atoms with E-state index < -0.39 is 12.8 Å². The number of nitrogens with zero attached hydrogens (tertiary/aromatic N) is 6. The molecule has 0 saturated carbocycles. The van der Waals surface area contributed by atoms with E-state index in [9.17, 15) is 18.0 Å². The first-order valence-electron chi connectivity index (χ1n) is 17.3. The predicted octanol–water partition coefficient (Wildman–Crippen LogP) is 5.48. The van der Waals surface area contributed by atoms with Gasteiger partial charge in [-0.15, -0.1) is 0 Å². The number of likely N-dealkylation sites (N-methyl/N-ethyl adjacent to an activating group) is 1. The third-order valence-corrected chi connectivity index (χ3v) is 10.4. The lowest BCUT2D eigenvalue weighted by Crippen LogP contribution is -2.61. The first-order valence-corrected chi connectivity index (χ1v) is 17.3. The van der Waals surface area contributed by atoms with Gasteiger partial charge in [0.2, 0.25) is 5.91 Å². The second-order valence-corrected chi connectivity index (χ2v) is 14.5. The van der Waals surface area contributed by atoms with Gasteiger partial charge < -0.3 is 35.5 Å². The molecule has 2 aromatic carbocycles. The van der Waals surface area contributed by atoms with Crippen LogP contribution in [-0.4, -0.2) is 117 Å². The summed E-state index contributed by atoms with van der Waals surface area (Å²) in [5.74, 6) is 1.39. The van der Waals surface area contributed by atoms with E-state index in [1.807, 2.05) is 43.0 Å². The Bertz CT molecular complexity index is 1770. The van der Waals surface area contributed by atoms with Crippen molar-refractivity contribution >= 4 is 34.5 Å². The molecule has 0 atom stereocenters. The van der Waals surface area contributed by atoms with Crippen LogP contribution in [0.3, 0.4) is 0 Å². The quantitative estimate of drug-likeness (QED) is 0.172. The van der Waals surface area contributed by atoms with Crippen molar-refractivity contribution < 1.29 is 22.7 Å². The number of carbonyl (C=O) groups excluding carboxylic acids is 1. The van der Waals surface area contributed by atoms with Crippen molar-refractivity contribution in [3.05, 3.63) is 53.4 Å². The van der Waals surface area contributed by atoms with Gasteiger partial charge in [-0.3, -0.25) is 4.79 Å². The van der Waals surface area contributed by atoms with Crippen LogP contribution >= 0.6 is 0 Å². The molecule has 10 nitrogen and oxygen atoms in total. The zero-order valence-electron chi connectivity index (χ0n) is 29.3. The van der Waals surface area contributed by atoms with E-state index in [0.717, 1.165) is 50.6 Å². The molecular formula is C37H47F3N8O2. The third kappa shape index (κ3) is 7.44. The number of fused-ring (bicyclic) bond motifs is 1. The molecule has 0 unspecified atom stereocenters. The maximum atomic E-state index is 13.8. The summed E-state index contributed by atoms with van der Waals surface area (Å²) in [5, 5.41) is 8.72. The fourth-order valence-corrected chi connectivity index (χ4v) is 7.51. The highest BCUT2D eigenvalue weighted by molar-refractivity contribution is 6.03. The van der Waals surface area contributed by atoms with Crippen LogP contribution in [0.5, 0.6) is 5.75 Å². The van der Waals surface area contributed by atoms with Crippen LogP contribution in [0, 0.1) is 17.7 Å². The summed E-state index contributed by atoms with van der Waals surface area (Å²) in [7, 11) is 6.00. The van der Waals surface area contributed by atoms with Crippen molar-refractivity contribution in [1.82, 2.24) is 24.7 Å². The highest BCUT2D eigenvalue weighted by Gasteiger charge is 2.46. The highest BCUT2D eigenvalue weighted by atomic mass is 19.4. The number of nitrogen functional groups attached to an aromatic ring is 1. The molecule has 6 rings (SSSR count). The molecule has 3 saturated heterocycles. The summed E-state index contributed by atoms with van der Waals surface area (Å²) in [5.41, 5.74) is 9.09. The first kappa shape index (κ1) is 35.6. The Morgan fingerprint density at radius 1 is 1.10 bits per heavy atom.